The van der Waals surface area contributed by atoms with Crippen molar-refractivity contribution in [3.8, 4) is 84.7 Å². The molecule has 0 fully saturated rings. The van der Waals surface area contributed by atoms with Gasteiger partial charge in [-0.1, -0.05) is 158 Å². The maximum absolute atomic E-state index is 9.74. The maximum Gasteiger partial charge on any atom is 0.164 e. The van der Waals surface area contributed by atoms with Crippen molar-refractivity contribution < 1.29 is 4.42 Å². The van der Waals surface area contributed by atoms with Gasteiger partial charge in [0, 0.05) is 27.5 Å². The Morgan fingerprint density at radius 1 is 0.351 bits per heavy atom. The molecule has 0 unspecified atom stereocenters. The van der Waals surface area contributed by atoms with E-state index in [1.165, 1.54) is 5.56 Å². The van der Waals surface area contributed by atoms with Gasteiger partial charge in [-0.2, -0.15) is 5.26 Å². The Morgan fingerprint density at radius 2 is 0.825 bits per heavy atom. The first-order chi connectivity index (χ1) is 28.2. The molecule has 0 radical (unpaired) electrons. The number of nitriles is 1. The standard InChI is InChI=1S/C52H32N4O/c53-33-43-16-7-8-21-44(43)36-24-26-37(27-25-36)50-54-51(41-20-10-19-40(31-41)39-18-9-17-38(30-39)34-12-3-1-4-13-34)56-52(55-50)42-28-29-46-48(32-42)57-47-23-11-22-45(49(46)47)35-14-5-2-6-15-35/h1-32H. The SMILES string of the molecule is N#Cc1ccccc1-c1ccc(-c2nc(-c3cccc(-c4cccc(-c5ccccc5)c4)c3)nc(-c3ccc4c(c3)oc3cccc(-c5ccccc5)c34)n2)cc1. The Hall–Kier alpha value is -7.94. The van der Waals surface area contributed by atoms with Crippen LogP contribution < -0.4 is 0 Å². The minimum atomic E-state index is 0.538. The van der Waals surface area contributed by atoms with Crippen molar-refractivity contribution in [2.75, 3.05) is 0 Å². The van der Waals surface area contributed by atoms with Crippen LogP contribution in [0.3, 0.4) is 0 Å². The molecule has 0 amide bonds. The molecule has 5 nitrogen and oxygen atoms in total. The second kappa shape index (κ2) is 14.4. The average molecular weight is 729 g/mol. The van der Waals surface area contributed by atoms with E-state index < -0.39 is 0 Å². The summed E-state index contributed by atoms with van der Waals surface area (Å²) in [6.45, 7) is 0. The summed E-state index contributed by atoms with van der Waals surface area (Å²) in [7, 11) is 0. The molecule has 5 heteroatoms. The first kappa shape index (κ1) is 33.6. The number of aromatic nitrogens is 3. The van der Waals surface area contributed by atoms with E-state index >= 15 is 0 Å². The van der Waals surface area contributed by atoms with Gasteiger partial charge in [0.25, 0.3) is 0 Å². The molecule has 0 spiro atoms. The number of fused-ring (bicyclic) bond motifs is 3. The van der Waals surface area contributed by atoms with Gasteiger partial charge in [0.15, 0.2) is 17.5 Å². The summed E-state index contributed by atoms with van der Waals surface area (Å²) in [5.41, 5.74) is 13.3. The fraction of sp³-hybridized carbons (Fsp3) is 0. The molecule has 0 N–H and O–H groups in total. The molecule has 0 aliphatic rings. The van der Waals surface area contributed by atoms with E-state index in [4.69, 9.17) is 19.4 Å². The first-order valence-electron chi connectivity index (χ1n) is 18.8. The van der Waals surface area contributed by atoms with E-state index in [-0.39, 0.29) is 0 Å². The fourth-order valence-corrected chi connectivity index (χ4v) is 7.56. The fourth-order valence-electron chi connectivity index (χ4n) is 7.56. The summed E-state index contributed by atoms with van der Waals surface area (Å²) >= 11 is 0. The Kier molecular flexibility index (Phi) is 8.48. The number of hydrogen-bond acceptors (Lipinski definition) is 5. The van der Waals surface area contributed by atoms with Crippen molar-refractivity contribution in [1.29, 1.82) is 5.26 Å². The maximum atomic E-state index is 9.74. The van der Waals surface area contributed by atoms with Crippen LogP contribution in [0.2, 0.25) is 0 Å². The van der Waals surface area contributed by atoms with Gasteiger partial charge in [-0.3, -0.25) is 0 Å². The van der Waals surface area contributed by atoms with E-state index in [0.717, 1.165) is 77.6 Å². The average Bonchev–Trinajstić information content (AvgIpc) is 3.68. The van der Waals surface area contributed by atoms with Crippen LogP contribution in [0.4, 0.5) is 0 Å². The molecule has 10 rings (SSSR count). The van der Waals surface area contributed by atoms with Gasteiger partial charge in [0.1, 0.15) is 11.2 Å². The molecule has 0 atom stereocenters. The summed E-state index contributed by atoms with van der Waals surface area (Å²) in [4.78, 5) is 15.3. The van der Waals surface area contributed by atoms with Crippen LogP contribution in [0.1, 0.15) is 5.56 Å². The Labute approximate surface area is 329 Å². The molecule has 0 saturated heterocycles. The van der Waals surface area contributed by atoms with E-state index in [1.54, 1.807) is 0 Å². The largest absolute Gasteiger partial charge is 0.456 e. The quantitative estimate of drug-likeness (QED) is 0.163. The second-order valence-corrected chi connectivity index (χ2v) is 13.9. The number of furan rings is 1. The lowest BCUT2D eigenvalue weighted by Gasteiger charge is -2.11. The molecule has 0 bridgehead atoms. The predicted octanol–water partition coefficient (Wildman–Crippen LogP) is 13.3. The van der Waals surface area contributed by atoms with Gasteiger partial charge in [-0.25, -0.2) is 15.0 Å². The molecule has 266 valence electrons. The molecule has 10 aromatic rings. The highest BCUT2D eigenvalue weighted by atomic mass is 16.3. The van der Waals surface area contributed by atoms with Crippen molar-refractivity contribution in [3.05, 3.63) is 200 Å². The van der Waals surface area contributed by atoms with Crippen LogP contribution in [0.15, 0.2) is 199 Å². The highest BCUT2D eigenvalue weighted by Crippen LogP contribution is 2.38. The van der Waals surface area contributed by atoms with Gasteiger partial charge in [0.2, 0.25) is 0 Å². The number of hydrogen-bond donors (Lipinski definition) is 0. The minimum absolute atomic E-state index is 0.538. The molecule has 57 heavy (non-hydrogen) atoms. The highest BCUT2D eigenvalue weighted by Gasteiger charge is 2.17. The highest BCUT2D eigenvalue weighted by molar-refractivity contribution is 6.13. The molecular weight excluding hydrogens is 697 g/mol. The molecule has 0 saturated carbocycles. The number of benzene rings is 8. The van der Waals surface area contributed by atoms with E-state index in [2.05, 4.69) is 115 Å². The topological polar surface area (TPSA) is 75.6 Å². The zero-order valence-electron chi connectivity index (χ0n) is 30.7. The first-order valence-corrected chi connectivity index (χ1v) is 18.8. The smallest absolute Gasteiger partial charge is 0.164 e. The predicted molar refractivity (Wildman–Crippen MR) is 230 cm³/mol. The van der Waals surface area contributed by atoms with Crippen LogP contribution in [0, 0.1) is 11.3 Å². The van der Waals surface area contributed by atoms with Crippen LogP contribution in [-0.4, -0.2) is 15.0 Å². The monoisotopic (exact) mass is 728 g/mol. The van der Waals surface area contributed by atoms with Crippen LogP contribution in [0.25, 0.3) is 101 Å². The summed E-state index contributed by atoms with van der Waals surface area (Å²) in [5, 5.41) is 11.8. The van der Waals surface area contributed by atoms with Crippen molar-refractivity contribution in [2.24, 2.45) is 0 Å². The van der Waals surface area contributed by atoms with Gasteiger partial charge >= 0.3 is 0 Å². The Morgan fingerprint density at radius 3 is 1.53 bits per heavy atom. The third kappa shape index (κ3) is 6.42. The lowest BCUT2D eigenvalue weighted by molar-refractivity contribution is 0.669. The summed E-state index contributed by atoms with van der Waals surface area (Å²) in [5.74, 6) is 1.64. The zero-order valence-corrected chi connectivity index (χ0v) is 30.7. The summed E-state index contributed by atoms with van der Waals surface area (Å²) in [6.07, 6.45) is 0. The van der Waals surface area contributed by atoms with Gasteiger partial charge in [0.05, 0.1) is 11.6 Å². The number of nitrogens with zero attached hydrogens (tertiary/aromatic N) is 4. The molecular formula is C52H32N4O. The van der Waals surface area contributed by atoms with Crippen LogP contribution in [0.5, 0.6) is 0 Å². The van der Waals surface area contributed by atoms with Crippen molar-refractivity contribution in [3.63, 3.8) is 0 Å². The van der Waals surface area contributed by atoms with E-state index in [0.29, 0.717) is 23.0 Å². The normalized spacial score (nSPS) is 11.1. The molecule has 0 aliphatic carbocycles. The van der Waals surface area contributed by atoms with E-state index in [1.807, 2.05) is 84.9 Å². The van der Waals surface area contributed by atoms with Gasteiger partial charge < -0.3 is 4.42 Å². The molecule has 0 aliphatic heterocycles. The summed E-state index contributed by atoms with van der Waals surface area (Å²) < 4.78 is 6.49. The van der Waals surface area contributed by atoms with Gasteiger partial charge in [-0.15, -0.1) is 0 Å². The third-order valence-electron chi connectivity index (χ3n) is 10.4. The van der Waals surface area contributed by atoms with Crippen molar-refractivity contribution in [1.82, 2.24) is 15.0 Å². The lowest BCUT2D eigenvalue weighted by Crippen LogP contribution is -2.00. The third-order valence-corrected chi connectivity index (χ3v) is 10.4. The molecule has 8 aromatic carbocycles. The molecule has 2 heterocycles. The Bertz CT molecular complexity index is 3130. The minimum Gasteiger partial charge on any atom is -0.456 e. The Balaban J connectivity index is 1.10. The number of rotatable bonds is 7. The lowest BCUT2D eigenvalue weighted by atomic mass is 9.98. The van der Waals surface area contributed by atoms with Crippen LogP contribution in [-0.2, 0) is 0 Å². The van der Waals surface area contributed by atoms with E-state index in [9.17, 15) is 5.26 Å². The van der Waals surface area contributed by atoms with Gasteiger partial charge in [-0.05, 0) is 80.9 Å². The van der Waals surface area contributed by atoms with Crippen molar-refractivity contribution >= 4 is 21.9 Å². The second-order valence-electron chi connectivity index (χ2n) is 13.9. The zero-order chi connectivity index (χ0) is 38.1. The molecule has 2 aromatic heterocycles. The summed E-state index contributed by atoms with van der Waals surface area (Å²) in [6, 6.07) is 68.1. The van der Waals surface area contributed by atoms with Crippen LogP contribution >= 0.6 is 0 Å². The van der Waals surface area contributed by atoms with Crippen molar-refractivity contribution in [2.45, 2.75) is 0 Å².